The molecule has 0 aliphatic carbocycles. The number of carbonyl (C=O) groups is 1. The van der Waals surface area contributed by atoms with Crippen LogP contribution < -0.4 is 5.32 Å². The molecule has 1 amide bonds. The summed E-state index contributed by atoms with van der Waals surface area (Å²) in [6.45, 7) is 4.63. The summed E-state index contributed by atoms with van der Waals surface area (Å²) in [7, 11) is 0. The third-order valence-corrected chi connectivity index (χ3v) is 7.05. The monoisotopic (exact) mass is 464 g/mol. The first-order chi connectivity index (χ1) is 15.5. The lowest BCUT2D eigenvalue weighted by Crippen LogP contribution is -2.12. The molecule has 2 aromatic carbocycles. The van der Waals surface area contributed by atoms with E-state index in [1.807, 2.05) is 24.3 Å². The van der Waals surface area contributed by atoms with Crippen LogP contribution in [-0.2, 0) is 24.1 Å². The standard InChI is InChI=1S/C27H29ClN2OS/c1-18(2)15-20-13-11-19(12-14-20)7-3-4-8-21-16-23-26(22-9-5-6-10-24(22)28)29-17-25(31)30-27(23)32-21/h5-6,9-14,16,18H,3-4,7-8,15,17H2,1-2H3,(H,30,31). The summed E-state index contributed by atoms with van der Waals surface area (Å²) in [5, 5.41) is 4.55. The fourth-order valence-corrected chi connectivity index (χ4v) is 5.40. The zero-order valence-electron chi connectivity index (χ0n) is 18.7. The Balaban J connectivity index is 1.40. The summed E-state index contributed by atoms with van der Waals surface area (Å²) in [6, 6.07) is 18.9. The predicted octanol–water partition coefficient (Wildman–Crippen LogP) is 6.95. The molecule has 32 heavy (non-hydrogen) atoms. The van der Waals surface area contributed by atoms with E-state index in [9.17, 15) is 4.79 Å². The number of aliphatic imine (C=N–C) groups is 1. The van der Waals surface area contributed by atoms with E-state index >= 15 is 0 Å². The minimum atomic E-state index is -0.0809. The number of nitrogens with zero attached hydrogens (tertiary/aromatic N) is 1. The van der Waals surface area contributed by atoms with Crippen LogP contribution in [0.4, 0.5) is 5.00 Å². The molecular weight excluding hydrogens is 436 g/mol. The van der Waals surface area contributed by atoms with Gasteiger partial charge in [-0.2, -0.15) is 0 Å². The van der Waals surface area contributed by atoms with Gasteiger partial charge < -0.3 is 5.32 Å². The molecule has 4 rings (SSSR count). The Morgan fingerprint density at radius 3 is 2.47 bits per heavy atom. The molecule has 3 nitrogen and oxygen atoms in total. The Labute approximate surface area is 199 Å². The first kappa shape index (κ1) is 22.8. The number of unbranched alkanes of at least 4 members (excludes halogenated alkanes) is 1. The zero-order valence-corrected chi connectivity index (χ0v) is 20.2. The molecule has 0 atom stereocenters. The van der Waals surface area contributed by atoms with Gasteiger partial charge in [0, 0.05) is 21.0 Å². The Bertz CT molecular complexity index is 1110. The van der Waals surface area contributed by atoms with E-state index < -0.39 is 0 Å². The Kier molecular flexibility index (Phi) is 7.44. The van der Waals surface area contributed by atoms with Gasteiger partial charge in [0.05, 0.1) is 5.71 Å². The molecule has 1 aliphatic heterocycles. The second-order valence-corrected chi connectivity index (χ2v) is 10.3. The number of rotatable bonds is 8. The lowest BCUT2D eigenvalue weighted by molar-refractivity contribution is -0.114. The van der Waals surface area contributed by atoms with Crippen LogP contribution in [0, 0.1) is 5.92 Å². The summed E-state index contributed by atoms with van der Waals surface area (Å²) >= 11 is 8.09. The summed E-state index contributed by atoms with van der Waals surface area (Å²) in [4.78, 5) is 18.0. The molecule has 0 unspecified atom stereocenters. The number of hydrogen-bond donors (Lipinski definition) is 1. The minimum Gasteiger partial charge on any atom is -0.316 e. The number of hydrogen-bond acceptors (Lipinski definition) is 3. The number of anilines is 1. The highest BCUT2D eigenvalue weighted by molar-refractivity contribution is 7.16. The molecule has 0 radical (unpaired) electrons. The maximum absolute atomic E-state index is 12.2. The van der Waals surface area contributed by atoms with Crippen LogP contribution in [-0.4, -0.2) is 18.2 Å². The van der Waals surface area contributed by atoms with Crippen molar-refractivity contribution < 1.29 is 4.79 Å². The van der Waals surface area contributed by atoms with Gasteiger partial charge in [0.15, 0.2) is 0 Å². The number of aryl methyl sites for hydroxylation is 2. The molecule has 1 aliphatic rings. The highest BCUT2D eigenvalue weighted by atomic mass is 35.5. The molecule has 1 N–H and O–H groups in total. The molecule has 5 heteroatoms. The maximum atomic E-state index is 12.2. The van der Waals surface area contributed by atoms with Crippen LogP contribution in [0.5, 0.6) is 0 Å². The predicted molar refractivity (Wildman–Crippen MR) is 137 cm³/mol. The number of nitrogens with one attached hydrogen (secondary N) is 1. The lowest BCUT2D eigenvalue weighted by atomic mass is 9.99. The van der Waals surface area contributed by atoms with Gasteiger partial charge in [-0.15, -0.1) is 11.3 Å². The average Bonchev–Trinajstić information content (AvgIpc) is 3.08. The molecule has 0 spiro atoms. The van der Waals surface area contributed by atoms with Crippen LogP contribution in [0.15, 0.2) is 59.6 Å². The van der Waals surface area contributed by atoms with Gasteiger partial charge in [-0.3, -0.25) is 9.79 Å². The van der Waals surface area contributed by atoms with Crippen molar-refractivity contribution in [1.29, 1.82) is 0 Å². The van der Waals surface area contributed by atoms with E-state index in [1.54, 1.807) is 11.3 Å². The third-order valence-electron chi connectivity index (χ3n) is 5.61. The molecule has 166 valence electrons. The van der Waals surface area contributed by atoms with E-state index in [0.717, 1.165) is 53.9 Å². The van der Waals surface area contributed by atoms with Crippen LogP contribution in [0.2, 0.25) is 5.02 Å². The van der Waals surface area contributed by atoms with Gasteiger partial charge in [0.25, 0.3) is 0 Å². The molecule has 0 bridgehead atoms. The Morgan fingerprint density at radius 2 is 1.72 bits per heavy atom. The van der Waals surface area contributed by atoms with Crippen molar-refractivity contribution >= 4 is 39.6 Å². The molecular formula is C27H29ClN2OS. The molecule has 1 aromatic heterocycles. The van der Waals surface area contributed by atoms with Crippen molar-refractivity contribution in [3.8, 4) is 0 Å². The highest BCUT2D eigenvalue weighted by Crippen LogP contribution is 2.34. The van der Waals surface area contributed by atoms with Crippen LogP contribution in [0.1, 0.15) is 53.8 Å². The van der Waals surface area contributed by atoms with Gasteiger partial charge in [0.1, 0.15) is 11.5 Å². The Hall–Kier alpha value is -2.43. The van der Waals surface area contributed by atoms with Crippen molar-refractivity contribution in [1.82, 2.24) is 0 Å². The minimum absolute atomic E-state index is 0.0809. The zero-order chi connectivity index (χ0) is 22.5. The summed E-state index contributed by atoms with van der Waals surface area (Å²) in [6.07, 6.45) is 5.48. The lowest BCUT2D eigenvalue weighted by Gasteiger charge is -2.07. The summed E-state index contributed by atoms with van der Waals surface area (Å²) < 4.78 is 0. The second kappa shape index (κ2) is 10.5. The van der Waals surface area contributed by atoms with E-state index in [1.165, 1.54) is 16.0 Å². The average molecular weight is 465 g/mol. The first-order valence-electron chi connectivity index (χ1n) is 11.3. The highest BCUT2D eigenvalue weighted by Gasteiger charge is 2.22. The number of fused-ring (bicyclic) bond motifs is 1. The number of carbonyl (C=O) groups excluding carboxylic acids is 1. The van der Waals surface area contributed by atoms with Crippen LogP contribution in [0.3, 0.4) is 0 Å². The second-order valence-electron chi connectivity index (χ2n) is 8.77. The number of thiophene rings is 1. The fourth-order valence-electron chi connectivity index (χ4n) is 4.06. The van der Waals surface area contributed by atoms with Crippen molar-refractivity contribution in [2.75, 3.05) is 11.9 Å². The van der Waals surface area contributed by atoms with Gasteiger partial charge in [-0.25, -0.2) is 0 Å². The number of halogens is 1. The summed E-state index contributed by atoms with van der Waals surface area (Å²) in [5.41, 5.74) is 5.47. The normalized spacial score (nSPS) is 13.5. The largest absolute Gasteiger partial charge is 0.316 e. The van der Waals surface area contributed by atoms with E-state index in [0.29, 0.717) is 10.9 Å². The molecule has 0 saturated heterocycles. The number of amides is 1. The smallest absolute Gasteiger partial charge is 0.246 e. The van der Waals surface area contributed by atoms with Crippen LogP contribution >= 0.6 is 22.9 Å². The van der Waals surface area contributed by atoms with E-state index in [-0.39, 0.29) is 12.5 Å². The Morgan fingerprint density at radius 1 is 1.00 bits per heavy atom. The van der Waals surface area contributed by atoms with E-state index in [4.69, 9.17) is 11.6 Å². The van der Waals surface area contributed by atoms with Gasteiger partial charge in [0.2, 0.25) is 5.91 Å². The van der Waals surface area contributed by atoms with Crippen molar-refractivity contribution in [2.45, 2.75) is 46.0 Å². The molecule has 3 aromatic rings. The SMILES string of the molecule is CC(C)Cc1ccc(CCCCc2cc3c(s2)NC(=O)CN=C3c2ccccc2Cl)cc1. The fraction of sp³-hybridized carbons (Fsp3) is 0.333. The van der Waals surface area contributed by atoms with Gasteiger partial charge in [-0.05, 0) is 61.3 Å². The first-order valence-corrected chi connectivity index (χ1v) is 12.5. The molecule has 0 fully saturated rings. The van der Waals surface area contributed by atoms with Crippen molar-refractivity contribution in [3.05, 3.63) is 86.8 Å². The van der Waals surface area contributed by atoms with Gasteiger partial charge >= 0.3 is 0 Å². The number of benzene rings is 2. The van der Waals surface area contributed by atoms with E-state index in [2.05, 4.69) is 54.5 Å². The van der Waals surface area contributed by atoms with Crippen molar-refractivity contribution in [3.63, 3.8) is 0 Å². The topological polar surface area (TPSA) is 41.5 Å². The molecule has 2 heterocycles. The maximum Gasteiger partial charge on any atom is 0.246 e. The molecule has 0 saturated carbocycles. The van der Waals surface area contributed by atoms with Crippen molar-refractivity contribution in [2.24, 2.45) is 10.9 Å². The summed E-state index contributed by atoms with van der Waals surface area (Å²) in [5.74, 6) is 0.609. The quantitative estimate of drug-likeness (QED) is 0.360. The van der Waals surface area contributed by atoms with Crippen LogP contribution in [0.25, 0.3) is 0 Å². The van der Waals surface area contributed by atoms with Gasteiger partial charge in [-0.1, -0.05) is 67.9 Å². The third kappa shape index (κ3) is 5.67.